The number of nitrogens with one attached hydrogen (secondary N) is 1. The van der Waals surface area contributed by atoms with Crippen LogP contribution in [-0.2, 0) is 11.3 Å². The molecule has 1 aromatic heterocycles. The molecule has 0 saturated carbocycles. The van der Waals surface area contributed by atoms with Gasteiger partial charge < -0.3 is 9.84 Å². The Bertz CT molecular complexity index is 1090. The quantitative estimate of drug-likeness (QED) is 0.570. The lowest BCUT2D eigenvalue weighted by molar-refractivity contribution is -0.121. The minimum Gasteiger partial charge on any atom is -0.338 e. The van der Waals surface area contributed by atoms with Crippen molar-refractivity contribution in [2.45, 2.75) is 53.0 Å². The summed E-state index contributed by atoms with van der Waals surface area (Å²) in [6, 6.07) is 14.3. The van der Waals surface area contributed by atoms with Crippen LogP contribution in [0, 0.1) is 19.8 Å². The van der Waals surface area contributed by atoms with Crippen molar-refractivity contribution in [1.29, 1.82) is 0 Å². The second kappa shape index (κ2) is 9.65. The van der Waals surface area contributed by atoms with Gasteiger partial charge >= 0.3 is 0 Å². The maximum Gasteiger partial charge on any atom is 0.241 e. The molecule has 1 amide bonds. The molecule has 1 aliphatic rings. The second-order valence-corrected chi connectivity index (χ2v) is 9.14. The second-order valence-electron chi connectivity index (χ2n) is 9.14. The number of hydrogen-bond acceptors (Lipinski definition) is 5. The Morgan fingerprint density at radius 3 is 2.81 bits per heavy atom. The molecular weight excluding hydrogens is 400 g/mol. The van der Waals surface area contributed by atoms with Crippen LogP contribution >= 0.6 is 0 Å². The molecule has 0 spiro atoms. The molecule has 3 aromatic rings. The molecule has 6 heteroatoms. The average molecular weight is 433 g/mol. The van der Waals surface area contributed by atoms with Crippen molar-refractivity contribution in [3.8, 4) is 11.4 Å². The van der Waals surface area contributed by atoms with Crippen LogP contribution in [0.1, 0.15) is 55.2 Å². The molecule has 32 heavy (non-hydrogen) atoms. The Kier molecular flexibility index (Phi) is 6.70. The first-order chi connectivity index (χ1) is 15.4. The van der Waals surface area contributed by atoms with Crippen molar-refractivity contribution in [1.82, 2.24) is 15.0 Å². The van der Waals surface area contributed by atoms with Crippen LogP contribution in [0.3, 0.4) is 0 Å². The maximum atomic E-state index is 13.1. The predicted molar refractivity (Wildman–Crippen MR) is 126 cm³/mol. The molecule has 168 valence electrons. The van der Waals surface area contributed by atoms with Crippen molar-refractivity contribution in [3.05, 3.63) is 65.0 Å². The van der Waals surface area contributed by atoms with Crippen LogP contribution in [0.15, 0.2) is 47.0 Å². The number of rotatable bonds is 6. The Balaban J connectivity index is 1.41. The van der Waals surface area contributed by atoms with E-state index >= 15 is 0 Å². The summed E-state index contributed by atoms with van der Waals surface area (Å²) in [5.74, 6) is 1.59. The van der Waals surface area contributed by atoms with Crippen LogP contribution in [0.2, 0.25) is 0 Å². The highest BCUT2D eigenvalue weighted by molar-refractivity contribution is 5.94. The molecule has 1 atom stereocenters. The van der Waals surface area contributed by atoms with Gasteiger partial charge in [-0.2, -0.15) is 4.98 Å². The lowest BCUT2D eigenvalue weighted by atomic mass is 9.95. The summed E-state index contributed by atoms with van der Waals surface area (Å²) in [5.41, 5.74) is 5.36. The van der Waals surface area contributed by atoms with Gasteiger partial charge in [0.2, 0.25) is 17.6 Å². The molecule has 1 saturated heterocycles. The Hall–Kier alpha value is -2.99. The van der Waals surface area contributed by atoms with Gasteiger partial charge in [0, 0.05) is 17.8 Å². The first-order valence-corrected chi connectivity index (χ1v) is 11.4. The predicted octanol–water partition coefficient (Wildman–Crippen LogP) is 5.33. The number of carbonyl (C=O) groups is 1. The van der Waals surface area contributed by atoms with E-state index in [0.29, 0.717) is 30.7 Å². The Morgan fingerprint density at radius 2 is 2.03 bits per heavy atom. The highest BCUT2D eigenvalue weighted by atomic mass is 16.5. The highest BCUT2D eigenvalue weighted by Crippen LogP contribution is 2.29. The van der Waals surface area contributed by atoms with Crippen molar-refractivity contribution in [2.24, 2.45) is 5.92 Å². The van der Waals surface area contributed by atoms with Gasteiger partial charge in [-0.1, -0.05) is 61.0 Å². The smallest absolute Gasteiger partial charge is 0.241 e. The summed E-state index contributed by atoms with van der Waals surface area (Å²) in [6.07, 6.45) is 1.87. The number of aromatic nitrogens is 2. The number of anilines is 1. The molecule has 2 heterocycles. The number of carbonyl (C=O) groups excluding carboxylic acids is 1. The number of hydrogen-bond donors (Lipinski definition) is 1. The number of para-hydroxylation sites is 1. The van der Waals surface area contributed by atoms with E-state index < -0.39 is 0 Å². The van der Waals surface area contributed by atoms with Gasteiger partial charge in [-0.05, 0) is 56.3 Å². The van der Waals surface area contributed by atoms with Crippen LogP contribution in [0.4, 0.5) is 5.69 Å². The summed E-state index contributed by atoms with van der Waals surface area (Å²) in [6.45, 7) is 10.6. The zero-order valence-corrected chi connectivity index (χ0v) is 19.4. The average Bonchev–Trinajstić information content (AvgIpc) is 3.23. The zero-order chi connectivity index (χ0) is 22.7. The summed E-state index contributed by atoms with van der Waals surface area (Å²) >= 11 is 0. The van der Waals surface area contributed by atoms with Gasteiger partial charge in [0.15, 0.2) is 0 Å². The van der Waals surface area contributed by atoms with Gasteiger partial charge in [-0.3, -0.25) is 9.69 Å². The summed E-state index contributed by atoms with van der Waals surface area (Å²) in [5, 5.41) is 7.37. The molecule has 0 bridgehead atoms. The van der Waals surface area contributed by atoms with Crippen molar-refractivity contribution in [3.63, 3.8) is 0 Å². The third-order valence-electron chi connectivity index (χ3n) is 6.15. The fraction of sp³-hybridized carbons (Fsp3) is 0.423. The van der Waals surface area contributed by atoms with E-state index in [1.807, 2.05) is 31.2 Å². The molecule has 1 fully saturated rings. The van der Waals surface area contributed by atoms with Gasteiger partial charge in [0.25, 0.3) is 0 Å². The third-order valence-corrected chi connectivity index (χ3v) is 6.15. The molecule has 6 nitrogen and oxygen atoms in total. The molecule has 1 aliphatic heterocycles. The molecular formula is C26H32N4O2. The lowest BCUT2D eigenvalue weighted by Crippen LogP contribution is -2.40. The fourth-order valence-electron chi connectivity index (χ4n) is 4.39. The van der Waals surface area contributed by atoms with Crippen molar-refractivity contribution < 1.29 is 9.32 Å². The van der Waals surface area contributed by atoms with Crippen LogP contribution < -0.4 is 5.32 Å². The summed E-state index contributed by atoms with van der Waals surface area (Å²) < 4.78 is 5.51. The third kappa shape index (κ3) is 5.07. The monoisotopic (exact) mass is 432 g/mol. The van der Waals surface area contributed by atoms with Crippen LogP contribution in [-0.4, -0.2) is 34.0 Å². The van der Waals surface area contributed by atoms with Gasteiger partial charge in [-0.25, -0.2) is 0 Å². The van der Waals surface area contributed by atoms with Crippen LogP contribution in [0.25, 0.3) is 11.4 Å². The molecule has 1 N–H and O–H groups in total. The maximum absolute atomic E-state index is 13.1. The van der Waals surface area contributed by atoms with Crippen molar-refractivity contribution >= 4 is 11.6 Å². The normalized spacial score (nSPS) is 17.0. The van der Waals surface area contributed by atoms with E-state index in [1.165, 1.54) is 5.56 Å². The van der Waals surface area contributed by atoms with E-state index in [-0.39, 0.29) is 11.8 Å². The van der Waals surface area contributed by atoms with E-state index in [4.69, 9.17) is 4.52 Å². The van der Waals surface area contributed by atoms with Gasteiger partial charge in [-0.15, -0.1) is 0 Å². The minimum absolute atomic E-state index is 0.0532. The van der Waals surface area contributed by atoms with Crippen LogP contribution in [0.5, 0.6) is 0 Å². The Labute approximate surface area is 190 Å². The number of benzene rings is 2. The number of amides is 1. The van der Waals surface area contributed by atoms with Gasteiger partial charge in [0.05, 0.1) is 12.5 Å². The molecule has 4 rings (SSSR count). The van der Waals surface area contributed by atoms with E-state index in [2.05, 4.69) is 59.3 Å². The molecule has 1 unspecified atom stereocenters. The molecule has 0 aliphatic carbocycles. The van der Waals surface area contributed by atoms with E-state index in [0.717, 1.165) is 41.8 Å². The first kappa shape index (κ1) is 22.2. The lowest BCUT2D eigenvalue weighted by Gasteiger charge is -2.31. The minimum atomic E-state index is -0.0532. The largest absolute Gasteiger partial charge is 0.338 e. The molecule has 2 aromatic carbocycles. The fourth-order valence-corrected chi connectivity index (χ4v) is 4.39. The summed E-state index contributed by atoms with van der Waals surface area (Å²) in [4.78, 5) is 19.9. The number of nitrogens with zero attached hydrogens (tertiary/aromatic N) is 3. The highest BCUT2D eigenvalue weighted by Gasteiger charge is 2.28. The zero-order valence-electron chi connectivity index (χ0n) is 19.4. The number of likely N-dealkylation sites (tertiary alicyclic amines) is 1. The Morgan fingerprint density at radius 1 is 1.22 bits per heavy atom. The number of piperidine rings is 1. The number of aryl methyl sites for hydroxylation is 2. The molecule has 0 radical (unpaired) electrons. The van der Waals surface area contributed by atoms with Gasteiger partial charge in [0.1, 0.15) is 0 Å². The SMILES string of the molecule is Cc1cccc(-c2noc(CN3CCCC(C(=O)Nc4c(C)cccc4C(C)C)C3)n2)c1. The first-order valence-electron chi connectivity index (χ1n) is 11.4. The topological polar surface area (TPSA) is 71.3 Å². The van der Waals surface area contributed by atoms with Crippen molar-refractivity contribution in [2.75, 3.05) is 18.4 Å². The van der Waals surface area contributed by atoms with E-state index in [1.54, 1.807) is 0 Å². The standard InChI is InChI=1S/C26H32N4O2/c1-17(2)22-12-6-9-19(4)24(22)28-26(31)21-11-7-13-30(15-21)16-23-27-25(29-32-23)20-10-5-8-18(3)14-20/h5-6,8-10,12,14,17,21H,7,11,13,15-16H2,1-4H3,(H,28,31). The summed E-state index contributed by atoms with van der Waals surface area (Å²) in [7, 11) is 0. The van der Waals surface area contributed by atoms with E-state index in [9.17, 15) is 4.79 Å².